The number of urea groups is 1. The van der Waals surface area contributed by atoms with E-state index in [-0.39, 0.29) is 0 Å². The first kappa shape index (κ1) is 18.3. The number of carbonyl (C=O) groups is 3. The Kier molecular flexibility index (Phi) is 4.71. The van der Waals surface area contributed by atoms with E-state index in [1.54, 1.807) is 18.2 Å². The lowest BCUT2D eigenvalue weighted by atomic mass is 10.1. The Hall–Kier alpha value is -4.12. The molecule has 0 unspecified atom stereocenters. The van der Waals surface area contributed by atoms with Gasteiger partial charge in [-0.1, -0.05) is 24.3 Å². The van der Waals surface area contributed by atoms with Gasteiger partial charge >= 0.3 is 6.03 Å². The zero-order valence-corrected chi connectivity index (χ0v) is 15.3. The second-order valence-corrected chi connectivity index (χ2v) is 6.73. The van der Waals surface area contributed by atoms with Crippen molar-refractivity contribution in [2.24, 2.45) is 0 Å². The summed E-state index contributed by atoms with van der Waals surface area (Å²) >= 11 is 0. The van der Waals surface area contributed by atoms with E-state index in [1.807, 2.05) is 36.5 Å². The molecule has 1 atom stereocenters. The first-order chi connectivity index (χ1) is 14.0. The molecule has 0 radical (unpaired) electrons. The molecule has 0 spiro atoms. The summed E-state index contributed by atoms with van der Waals surface area (Å²) < 4.78 is 0. The topological polar surface area (TPSA) is 118 Å². The van der Waals surface area contributed by atoms with Crippen LogP contribution in [0.15, 0.2) is 54.7 Å². The Morgan fingerprint density at radius 3 is 2.83 bits per heavy atom. The van der Waals surface area contributed by atoms with Crippen LogP contribution in [-0.2, 0) is 16.0 Å². The fourth-order valence-electron chi connectivity index (χ4n) is 3.40. The zero-order valence-electron chi connectivity index (χ0n) is 15.3. The number of hydrogen-bond donors (Lipinski definition) is 3. The fourth-order valence-corrected chi connectivity index (χ4v) is 3.40. The highest BCUT2D eigenvalue weighted by Crippen LogP contribution is 2.21. The quantitative estimate of drug-likeness (QED) is 0.581. The van der Waals surface area contributed by atoms with Crippen LogP contribution in [0.25, 0.3) is 10.9 Å². The number of rotatable bonds is 5. The second kappa shape index (κ2) is 7.48. The molecular weight excluding hydrogens is 370 g/mol. The Morgan fingerprint density at radius 2 is 2.00 bits per heavy atom. The minimum absolute atomic E-state index is 0.330. The van der Waals surface area contributed by atoms with Crippen LogP contribution in [0.2, 0.25) is 0 Å². The smallest absolute Gasteiger partial charge is 0.325 e. The molecule has 8 heteroatoms. The molecule has 1 aliphatic heterocycles. The monoisotopic (exact) mass is 387 g/mol. The van der Waals surface area contributed by atoms with Gasteiger partial charge in [0, 0.05) is 29.2 Å². The Balaban J connectivity index is 1.42. The lowest BCUT2D eigenvalue weighted by Crippen LogP contribution is -2.38. The van der Waals surface area contributed by atoms with Gasteiger partial charge in [0.05, 0.1) is 11.6 Å². The number of anilines is 1. The molecular formula is C21H17N5O3. The standard InChI is InChI=1S/C21H17N5O3/c22-10-13-4-3-5-15(8-13)24-19(27)12-26-20(28)18(25-21(26)29)9-14-11-23-17-7-2-1-6-16(14)17/h1-8,11,18,23H,9,12H2,(H,24,27)(H,25,29)/t18-/m1/s1. The van der Waals surface area contributed by atoms with Gasteiger partial charge in [-0.2, -0.15) is 5.26 Å². The molecule has 3 aromatic rings. The van der Waals surface area contributed by atoms with Crippen LogP contribution >= 0.6 is 0 Å². The van der Waals surface area contributed by atoms with Gasteiger partial charge in [0.1, 0.15) is 12.6 Å². The van der Waals surface area contributed by atoms with E-state index in [0.717, 1.165) is 21.4 Å². The van der Waals surface area contributed by atoms with Gasteiger partial charge in [0.25, 0.3) is 5.91 Å². The summed E-state index contributed by atoms with van der Waals surface area (Å²) in [5.41, 5.74) is 2.70. The molecule has 144 valence electrons. The SMILES string of the molecule is N#Cc1cccc(NC(=O)CN2C(=O)N[C@H](Cc3c[nH]c4ccccc34)C2=O)c1. The molecule has 3 N–H and O–H groups in total. The summed E-state index contributed by atoms with van der Waals surface area (Å²) in [4.78, 5) is 41.2. The van der Waals surface area contributed by atoms with Gasteiger partial charge in [-0.25, -0.2) is 4.79 Å². The average molecular weight is 387 g/mol. The molecule has 1 saturated heterocycles. The summed E-state index contributed by atoms with van der Waals surface area (Å²) in [6.45, 7) is -0.397. The third kappa shape index (κ3) is 3.66. The van der Waals surface area contributed by atoms with E-state index < -0.39 is 30.4 Å². The van der Waals surface area contributed by atoms with Crippen molar-refractivity contribution < 1.29 is 14.4 Å². The van der Waals surface area contributed by atoms with Crippen molar-refractivity contribution in [3.8, 4) is 6.07 Å². The highest BCUT2D eigenvalue weighted by molar-refractivity contribution is 6.08. The maximum atomic E-state index is 12.7. The largest absolute Gasteiger partial charge is 0.361 e. The zero-order chi connectivity index (χ0) is 20.4. The molecule has 1 aliphatic rings. The summed E-state index contributed by atoms with van der Waals surface area (Å²) in [7, 11) is 0. The molecule has 0 aliphatic carbocycles. The highest BCUT2D eigenvalue weighted by Gasteiger charge is 2.39. The fraction of sp³-hybridized carbons (Fsp3) is 0.143. The summed E-state index contributed by atoms with van der Waals surface area (Å²) in [5.74, 6) is -0.961. The number of carbonyl (C=O) groups excluding carboxylic acids is 3. The summed E-state index contributed by atoms with van der Waals surface area (Å²) in [6.07, 6.45) is 2.15. The molecule has 29 heavy (non-hydrogen) atoms. The number of nitriles is 1. The van der Waals surface area contributed by atoms with Gasteiger partial charge in [-0.15, -0.1) is 0 Å². The normalized spacial score (nSPS) is 16.0. The van der Waals surface area contributed by atoms with Crippen LogP contribution in [0.3, 0.4) is 0 Å². The minimum Gasteiger partial charge on any atom is -0.361 e. The van der Waals surface area contributed by atoms with E-state index in [1.165, 1.54) is 6.07 Å². The number of benzene rings is 2. The van der Waals surface area contributed by atoms with Gasteiger partial charge in [0.15, 0.2) is 0 Å². The van der Waals surface area contributed by atoms with Crippen molar-refractivity contribution in [1.29, 1.82) is 5.26 Å². The van der Waals surface area contributed by atoms with Crippen LogP contribution in [0.1, 0.15) is 11.1 Å². The third-order valence-corrected chi connectivity index (χ3v) is 4.78. The molecule has 1 fully saturated rings. The molecule has 1 aromatic heterocycles. The van der Waals surface area contributed by atoms with Gasteiger partial charge in [-0.3, -0.25) is 14.5 Å². The number of H-pyrrole nitrogens is 1. The number of aromatic amines is 1. The molecule has 4 rings (SSSR count). The van der Waals surface area contributed by atoms with E-state index >= 15 is 0 Å². The summed E-state index contributed by atoms with van der Waals surface area (Å²) in [6, 6.07) is 14.8. The van der Waals surface area contributed by atoms with Gasteiger partial charge in [0.2, 0.25) is 5.91 Å². The van der Waals surface area contributed by atoms with Crippen molar-refractivity contribution >= 4 is 34.4 Å². The van der Waals surface area contributed by atoms with Crippen LogP contribution in [-0.4, -0.2) is 40.3 Å². The number of para-hydroxylation sites is 1. The molecule has 8 nitrogen and oxygen atoms in total. The van der Waals surface area contributed by atoms with E-state index in [9.17, 15) is 14.4 Å². The lowest BCUT2D eigenvalue weighted by molar-refractivity contribution is -0.130. The minimum atomic E-state index is -0.726. The van der Waals surface area contributed by atoms with Crippen LogP contribution < -0.4 is 10.6 Å². The van der Waals surface area contributed by atoms with Crippen LogP contribution in [0.5, 0.6) is 0 Å². The van der Waals surface area contributed by atoms with Crippen molar-refractivity contribution in [2.45, 2.75) is 12.5 Å². The Morgan fingerprint density at radius 1 is 1.17 bits per heavy atom. The highest BCUT2D eigenvalue weighted by atomic mass is 16.2. The molecule has 0 saturated carbocycles. The molecule has 0 bridgehead atoms. The maximum absolute atomic E-state index is 12.7. The van der Waals surface area contributed by atoms with Gasteiger partial charge < -0.3 is 15.6 Å². The second-order valence-electron chi connectivity index (χ2n) is 6.73. The maximum Gasteiger partial charge on any atom is 0.325 e. The predicted octanol–water partition coefficient (Wildman–Crippen LogP) is 2.14. The number of hydrogen-bond acceptors (Lipinski definition) is 4. The number of imide groups is 1. The first-order valence-corrected chi connectivity index (χ1v) is 9.02. The summed E-state index contributed by atoms with van der Waals surface area (Å²) in [5, 5.41) is 15.2. The van der Waals surface area contributed by atoms with Crippen LogP contribution in [0, 0.1) is 11.3 Å². The third-order valence-electron chi connectivity index (χ3n) is 4.78. The number of nitrogens with zero attached hydrogens (tertiary/aromatic N) is 2. The number of aromatic nitrogens is 1. The molecule has 4 amide bonds. The van der Waals surface area contributed by atoms with Crippen molar-refractivity contribution in [2.75, 3.05) is 11.9 Å². The Labute approximate surface area is 166 Å². The lowest BCUT2D eigenvalue weighted by Gasteiger charge is -2.13. The van der Waals surface area contributed by atoms with Crippen molar-refractivity contribution in [3.63, 3.8) is 0 Å². The van der Waals surface area contributed by atoms with E-state index in [0.29, 0.717) is 17.7 Å². The Bertz CT molecular complexity index is 1160. The average Bonchev–Trinajstić information content (AvgIpc) is 3.24. The van der Waals surface area contributed by atoms with Crippen molar-refractivity contribution in [3.05, 3.63) is 65.9 Å². The number of nitrogens with one attached hydrogen (secondary N) is 3. The van der Waals surface area contributed by atoms with Gasteiger partial charge in [-0.05, 0) is 29.8 Å². The predicted molar refractivity (Wildman–Crippen MR) is 106 cm³/mol. The first-order valence-electron chi connectivity index (χ1n) is 9.02. The number of fused-ring (bicyclic) bond motifs is 1. The van der Waals surface area contributed by atoms with Crippen LogP contribution in [0.4, 0.5) is 10.5 Å². The van der Waals surface area contributed by atoms with Crippen molar-refractivity contribution in [1.82, 2.24) is 15.2 Å². The molecule has 2 aromatic carbocycles. The van der Waals surface area contributed by atoms with E-state index in [4.69, 9.17) is 5.26 Å². The van der Waals surface area contributed by atoms with E-state index in [2.05, 4.69) is 15.6 Å². The molecule has 2 heterocycles. The number of amides is 4.